The number of ether oxygens (including phenoxy) is 3. The molecule has 0 saturated carbocycles. The summed E-state index contributed by atoms with van der Waals surface area (Å²) in [4.78, 5) is 4.65. The molecule has 1 atom stereocenters. The topological polar surface area (TPSA) is 54.4 Å². The number of methoxy groups -OCH3 is 1. The molecule has 6 nitrogen and oxygen atoms in total. The highest BCUT2D eigenvalue weighted by molar-refractivity contribution is 5.51. The Morgan fingerprint density at radius 2 is 1.85 bits per heavy atom. The number of benzene rings is 2. The SMILES string of the molecule is COc1cccc(N2CCN(C[C@H](O)c3ccc4c(c3)OCO4)CC2)c1. The molecule has 2 aliphatic rings. The van der Waals surface area contributed by atoms with E-state index < -0.39 is 6.10 Å². The van der Waals surface area contributed by atoms with Gasteiger partial charge >= 0.3 is 0 Å². The van der Waals surface area contributed by atoms with Crippen LogP contribution in [-0.4, -0.2) is 56.6 Å². The number of hydrogen-bond acceptors (Lipinski definition) is 6. The Morgan fingerprint density at radius 3 is 2.65 bits per heavy atom. The second-order valence-corrected chi connectivity index (χ2v) is 6.62. The summed E-state index contributed by atoms with van der Waals surface area (Å²) in [6.45, 7) is 4.56. The van der Waals surface area contributed by atoms with E-state index in [2.05, 4.69) is 21.9 Å². The number of hydrogen-bond donors (Lipinski definition) is 1. The Kier molecular flexibility index (Phi) is 4.86. The van der Waals surface area contributed by atoms with Crippen LogP contribution in [0.3, 0.4) is 0 Å². The van der Waals surface area contributed by atoms with Crippen molar-refractivity contribution in [2.75, 3.05) is 51.5 Å². The molecule has 1 fully saturated rings. The molecule has 0 spiro atoms. The quantitative estimate of drug-likeness (QED) is 0.887. The predicted molar refractivity (Wildman–Crippen MR) is 99.2 cm³/mol. The normalized spacial score (nSPS) is 18.0. The van der Waals surface area contributed by atoms with E-state index in [1.807, 2.05) is 30.3 Å². The van der Waals surface area contributed by atoms with E-state index in [0.717, 1.165) is 43.2 Å². The molecular formula is C20H24N2O4. The summed E-state index contributed by atoms with van der Waals surface area (Å²) in [6.07, 6.45) is -0.534. The first-order valence-electron chi connectivity index (χ1n) is 8.92. The second-order valence-electron chi connectivity index (χ2n) is 6.62. The van der Waals surface area contributed by atoms with Crippen LogP contribution in [0.25, 0.3) is 0 Å². The van der Waals surface area contributed by atoms with Gasteiger partial charge in [0.15, 0.2) is 11.5 Å². The average Bonchev–Trinajstić information content (AvgIpc) is 3.16. The Bertz CT molecular complexity index is 759. The molecule has 4 rings (SSSR count). The standard InChI is InChI=1S/C20H24N2O4/c1-24-17-4-2-3-16(12-17)22-9-7-21(8-10-22)13-18(23)15-5-6-19-20(11-15)26-14-25-19/h2-6,11-12,18,23H,7-10,13-14H2,1H3/t18-/m0/s1. The first-order chi connectivity index (χ1) is 12.7. The van der Waals surface area contributed by atoms with Gasteiger partial charge in [-0.15, -0.1) is 0 Å². The van der Waals surface area contributed by atoms with E-state index in [0.29, 0.717) is 12.3 Å². The van der Waals surface area contributed by atoms with Gasteiger partial charge in [-0.3, -0.25) is 4.90 Å². The zero-order valence-electron chi connectivity index (χ0n) is 14.9. The van der Waals surface area contributed by atoms with Crippen molar-refractivity contribution in [2.45, 2.75) is 6.10 Å². The Labute approximate surface area is 153 Å². The maximum atomic E-state index is 10.6. The van der Waals surface area contributed by atoms with E-state index in [1.165, 1.54) is 5.69 Å². The summed E-state index contributed by atoms with van der Waals surface area (Å²) in [5.74, 6) is 2.33. The highest BCUT2D eigenvalue weighted by Gasteiger charge is 2.22. The lowest BCUT2D eigenvalue weighted by atomic mass is 10.1. The number of anilines is 1. The van der Waals surface area contributed by atoms with Crippen molar-refractivity contribution in [1.82, 2.24) is 4.90 Å². The van der Waals surface area contributed by atoms with Crippen molar-refractivity contribution >= 4 is 5.69 Å². The Hall–Kier alpha value is -2.44. The monoisotopic (exact) mass is 356 g/mol. The fraction of sp³-hybridized carbons (Fsp3) is 0.400. The number of aliphatic hydroxyl groups is 1. The predicted octanol–water partition coefficient (Wildman–Crippen LogP) is 2.28. The van der Waals surface area contributed by atoms with Crippen LogP contribution in [-0.2, 0) is 0 Å². The number of fused-ring (bicyclic) bond motifs is 1. The third-order valence-electron chi connectivity index (χ3n) is 5.00. The molecule has 26 heavy (non-hydrogen) atoms. The minimum atomic E-state index is -0.534. The molecule has 138 valence electrons. The van der Waals surface area contributed by atoms with Crippen LogP contribution in [0.1, 0.15) is 11.7 Å². The van der Waals surface area contributed by atoms with Crippen molar-refractivity contribution in [1.29, 1.82) is 0 Å². The molecule has 0 amide bonds. The van der Waals surface area contributed by atoms with Gasteiger partial charge in [-0.1, -0.05) is 12.1 Å². The van der Waals surface area contributed by atoms with Crippen LogP contribution in [0.5, 0.6) is 17.2 Å². The Balaban J connectivity index is 1.33. The lowest BCUT2D eigenvalue weighted by Gasteiger charge is -2.37. The van der Waals surface area contributed by atoms with Gasteiger partial charge in [0.1, 0.15) is 5.75 Å². The fourth-order valence-corrected chi connectivity index (χ4v) is 3.47. The van der Waals surface area contributed by atoms with Gasteiger partial charge in [0.2, 0.25) is 6.79 Å². The van der Waals surface area contributed by atoms with Crippen molar-refractivity contribution in [3.63, 3.8) is 0 Å². The molecular weight excluding hydrogens is 332 g/mol. The molecule has 2 aromatic rings. The molecule has 0 bridgehead atoms. The van der Waals surface area contributed by atoms with Gasteiger partial charge in [-0.05, 0) is 29.8 Å². The molecule has 2 aromatic carbocycles. The van der Waals surface area contributed by atoms with Crippen LogP contribution >= 0.6 is 0 Å². The van der Waals surface area contributed by atoms with E-state index in [1.54, 1.807) is 7.11 Å². The first kappa shape index (κ1) is 17.0. The summed E-state index contributed by atoms with van der Waals surface area (Å²) in [7, 11) is 1.69. The molecule has 2 aliphatic heterocycles. The fourth-order valence-electron chi connectivity index (χ4n) is 3.47. The van der Waals surface area contributed by atoms with Gasteiger partial charge < -0.3 is 24.2 Å². The molecule has 0 aromatic heterocycles. The third-order valence-corrected chi connectivity index (χ3v) is 5.00. The van der Waals surface area contributed by atoms with Gasteiger partial charge in [0, 0.05) is 44.5 Å². The number of rotatable bonds is 5. The molecule has 1 saturated heterocycles. The summed E-state index contributed by atoms with van der Waals surface area (Å²) in [5.41, 5.74) is 2.05. The highest BCUT2D eigenvalue weighted by atomic mass is 16.7. The molecule has 2 heterocycles. The number of β-amino-alcohol motifs (C(OH)–C–C–N with tert-alkyl or cyclic N) is 1. The number of aliphatic hydroxyl groups excluding tert-OH is 1. The third kappa shape index (κ3) is 3.57. The van der Waals surface area contributed by atoms with Crippen LogP contribution < -0.4 is 19.1 Å². The lowest BCUT2D eigenvalue weighted by molar-refractivity contribution is 0.109. The van der Waals surface area contributed by atoms with Crippen molar-refractivity contribution in [3.05, 3.63) is 48.0 Å². The number of piperazine rings is 1. The summed E-state index contributed by atoms with van der Waals surface area (Å²) in [5, 5.41) is 10.6. The van der Waals surface area contributed by atoms with Crippen LogP contribution in [0.15, 0.2) is 42.5 Å². The van der Waals surface area contributed by atoms with Crippen molar-refractivity contribution in [3.8, 4) is 17.2 Å². The average molecular weight is 356 g/mol. The second kappa shape index (κ2) is 7.43. The minimum absolute atomic E-state index is 0.251. The van der Waals surface area contributed by atoms with E-state index in [9.17, 15) is 5.11 Å². The maximum absolute atomic E-state index is 10.6. The Morgan fingerprint density at radius 1 is 1.04 bits per heavy atom. The highest BCUT2D eigenvalue weighted by Crippen LogP contribution is 2.34. The number of nitrogens with zero attached hydrogens (tertiary/aromatic N) is 2. The van der Waals surface area contributed by atoms with Crippen LogP contribution in [0.2, 0.25) is 0 Å². The van der Waals surface area contributed by atoms with E-state index in [4.69, 9.17) is 14.2 Å². The molecule has 1 N–H and O–H groups in total. The molecule has 0 unspecified atom stereocenters. The van der Waals surface area contributed by atoms with Crippen LogP contribution in [0.4, 0.5) is 5.69 Å². The van der Waals surface area contributed by atoms with Crippen LogP contribution in [0, 0.1) is 0 Å². The van der Waals surface area contributed by atoms with Gasteiger partial charge in [0.05, 0.1) is 13.2 Å². The largest absolute Gasteiger partial charge is 0.497 e. The van der Waals surface area contributed by atoms with Gasteiger partial charge in [-0.2, -0.15) is 0 Å². The zero-order valence-corrected chi connectivity index (χ0v) is 14.9. The minimum Gasteiger partial charge on any atom is -0.497 e. The van der Waals surface area contributed by atoms with Crippen molar-refractivity contribution < 1.29 is 19.3 Å². The summed E-state index contributed by atoms with van der Waals surface area (Å²) in [6, 6.07) is 13.8. The van der Waals surface area contributed by atoms with Gasteiger partial charge in [-0.25, -0.2) is 0 Å². The molecule has 0 radical (unpaired) electrons. The van der Waals surface area contributed by atoms with E-state index in [-0.39, 0.29) is 6.79 Å². The lowest BCUT2D eigenvalue weighted by Crippen LogP contribution is -2.47. The summed E-state index contributed by atoms with van der Waals surface area (Å²) < 4.78 is 16.0. The first-order valence-corrected chi connectivity index (χ1v) is 8.92. The summed E-state index contributed by atoms with van der Waals surface area (Å²) >= 11 is 0. The molecule has 6 heteroatoms. The van der Waals surface area contributed by atoms with E-state index >= 15 is 0 Å². The van der Waals surface area contributed by atoms with Crippen molar-refractivity contribution in [2.24, 2.45) is 0 Å². The zero-order chi connectivity index (χ0) is 17.9. The van der Waals surface area contributed by atoms with Gasteiger partial charge in [0.25, 0.3) is 0 Å². The smallest absolute Gasteiger partial charge is 0.231 e. The maximum Gasteiger partial charge on any atom is 0.231 e. The molecule has 0 aliphatic carbocycles.